The number of hydrogen-bond acceptors (Lipinski definition) is 3. The summed E-state index contributed by atoms with van der Waals surface area (Å²) in [4.78, 5) is 9.81. The van der Waals surface area contributed by atoms with E-state index in [1.807, 2.05) is 5.27 Å². The summed E-state index contributed by atoms with van der Waals surface area (Å²) in [5, 5.41) is 5.21. The molecule has 1 heterocycles. The molecule has 0 aromatic carbocycles. The van der Waals surface area contributed by atoms with Crippen LogP contribution in [0.1, 0.15) is 0 Å². The molecule has 0 fully saturated rings. The van der Waals surface area contributed by atoms with Crippen molar-refractivity contribution < 1.29 is 4.52 Å². The minimum Gasteiger partial charge on any atom is -0.320 e. The summed E-state index contributed by atoms with van der Waals surface area (Å²) in [6.07, 6.45) is 1.06. The Labute approximate surface area is 44.9 Å². The van der Waals surface area contributed by atoms with Crippen molar-refractivity contribution in [2.24, 2.45) is 0 Å². The van der Waals surface area contributed by atoms with E-state index in [1.54, 1.807) is 0 Å². The highest BCUT2D eigenvalue weighted by atomic mass is 35.5. The van der Waals surface area contributed by atoms with Gasteiger partial charge in [-0.3, -0.25) is 0 Å². The van der Waals surface area contributed by atoms with Crippen LogP contribution in [0, 0.1) is 0 Å². The molecule has 0 atom stereocenters. The van der Waals surface area contributed by atoms with E-state index < -0.39 is 5.63 Å². The summed E-state index contributed by atoms with van der Waals surface area (Å²) >= 11 is 0. The highest BCUT2D eigenvalue weighted by Crippen LogP contribution is 1.51. The lowest BCUT2D eigenvalue weighted by Gasteiger charge is -1.51. The fraction of sp³-hybridized carbons (Fsp3) is 0. The van der Waals surface area contributed by atoms with E-state index in [-0.39, 0.29) is 12.4 Å². The second-order valence-corrected chi connectivity index (χ2v) is 0.771. The molecule has 0 radical (unpaired) electrons. The predicted molar refractivity (Wildman–Crippen MR) is 24.4 cm³/mol. The minimum atomic E-state index is -0.449. The molecule has 1 N–H and O–H groups in total. The molecule has 0 aliphatic carbocycles. The zero-order valence-corrected chi connectivity index (χ0v) is 4.07. The van der Waals surface area contributed by atoms with Crippen molar-refractivity contribution in [2.45, 2.75) is 0 Å². The number of nitrogens with one attached hydrogen (secondary N) is 1. The molecule has 0 aliphatic rings. The van der Waals surface area contributed by atoms with Gasteiger partial charge in [0.05, 0.1) is 0 Å². The summed E-state index contributed by atoms with van der Waals surface area (Å²) in [6, 6.07) is 0. The number of rotatable bonds is 0. The number of nitrogens with zero attached hydrogens (tertiary/aromatic N) is 1. The van der Waals surface area contributed by atoms with Gasteiger partial charge in [0.2, 0.25) is 0 Å². The molecule has 0 spiro atoms. The van der Waals surface area contributed by atoms with Crippen LogP contribution in [0.3, 0.4) is 0 Å². The first-order valence-electron chi connectivity index (χ1n) is 1.38. The van der Waals surface area contributed by atoms with E-state index in [9.17, 15) is 4.79 Å². The van der Waals surface area contributed by atoms with Crippen molar-refractivity contribution >= 4 is 12.4 Å². The molecule has 1 aromatic rings. The predicted octanol–water partition coefficient (Wildman–Crippen LogP) is -0.215. The molecule has 5 heteroatoms. The van der Waals surface area contributed by atoms with Gasteiger partial charge in [0.1, 0.15) is 6.20 Å². The lowest BCUT2D eigenvalue weighted by Crippen LogP contribution is -1.84. The van der Waals surface area contributed by atoms with Gasteiger partial charge >= 0.3 is 5.63 Å². The van der Waals surface area contributed by atoms with Crippen molar-refractivity contribution in [1.29, 1.82) is 0 Å². The molecule has 4 nitrogen and oxygen atoms in total. The molecule has 7 heavy (non-hydrogen) atoms. The van der Waals surface area contributed by atoms with Gasteiger partial charge in [-0.1, -0.05) is 0 Å². The van der Waals surface area contributed by atoms with Gasteiger partial charge in [0, 0.05) is 0 Å². The topological polar surface area (TPSA) is 58.9 Å². The first-order valence-corrected chi connectivity index (χ1v) is 1.38. The monoisotopic (exact) mass is 122 g/mol. The van der Waals surface area contributed by atoms with E-state index in [4.69, 9.17) is 0 Å². The van der Waals surface area contributed by atoms with E-state index in [0.29, 0.717) is 0 Å². The molecule has 0 saturated heterocycles. The second kappa shape index (κ2) is 2.41. The number of H-pyrrole nitrogens is 1. The van der Waals surface area contributed by atoms with Gasteiger partial charge in [-0.2, -0.15) is 0 Å². The molecular weight excluding hydrogens is 119 g/mol. The Balaban J connectivity index is 0.000000360. The van der Waals surface area contributed by atoms with Gasteiger partial charge in [-0.25, -0.2) is 4.79 Å². The SMILES string of the molecule is Cl.O=c1cn[nH]o1. The molecule has 1 aromatic heterocycles. The smallest absolute Gasteiger partial charge is 0.320 e. The van der Waals surface area contributed by atoms with Crippen LogP contribution in [0.25, 0.3) is 0 Å². The summed E-state index contributed by atoms with van der Waals surface area (Å²) in [5.74, 6) is 0. The largest absolute Gasteiger partial charge is 0.377 e. The van der Waals surface area contributed by atoms with Crippen LogP contribution in [0.2, 0.25) is 0 Å². The Hall–Kier alpha value is -0.770. The highest BCUT2D eigenvalue weighted by Gasteiger charge is 1.75. The van der Waals surface area contributed by atoms with Crippen LogP contribution in [-0.2, 0) is 0 Å². The minimum absolute atomic E-state index is 0. The molecule has 40 valence electrons. The van der Waals surface area contributed by atoms with Gasteiger partial charge < -0.3 is 4.52 Å². The quantitative estimate of drug-likeness (QED) is 0.518. The second-order valence-electron chi connectivity index (χ2n) is 0.771. The lowest BCUT2D eigenvalue weighted by molar-refractivity contribution is 0.368. The molecule has 0 unspecified atom stereocenters. The van der Waals surface area contributed by atoms with Crippen molar-refractivity contribution in [3.63, 3.8) is 0 Å². The number of aromatic nitrogens is 2. The average molecular weight is 123 g/mol. The summed E-state index contributed by atoms with van der Waals surface area (Å²) in [5.41, 5.74) is -0.449. The highest BCUT2D eigenvalue weighted by molar-refractivity contribution is 5.85. The van der Waals surface area contributed by atoms with Gasteiger partial charge in [0.25, 0.3) is 0 Å². The molecule has 0 bridgehead atoms. The maximum Gasteiger partial charge on any atom is 0.377 e. The van der Waals surface area contributed by atoms with E-state index in [0.717, 1.165) is 6.20 Å². The summed E-state index contributed by atoms with van der Waals surface area (Å²) < 4.78 is 4.04. The van der Waals surface area contributed by atoms with Crippen LogP contribution in [0.15, 0.2) is 15.5 Å². The zero-order valence-electron chi connectivity index (χ0n) is 3.25. The van der Waals surface area contributed by atoms with Crippen molar-refractivity contribution in [3.8, 4) is 0 Å². The normalized spacial score (nSPS) is 7.43. The standard InChI is InChI=1S/C2H2N2O2.ClH/c5-2-1-3-4-6-2;/h1,4H;1H. The van der Waals surface area contributed by atoms with Gasteiger partial charge in [-0.05, 0) is 0 Å². The van der Waals surface area contributed by atoms with Crippen LogP contribution in [-0.4, -0.2) is 10.4 Å². The summed E-state index contributed by atoms with van der Waals surface area (Å²) in [6.45, 7) is 0. The van der Waals surface area contributed by atoms with E-state index in [1.165, 1.54) is 0 Å². The number of halogens is 1. The molecular formula is C2H3ClN2O2. The fourth-order valence-corrected chi connectivity index (χ4v) is 0.177. The Morgan fingerprint density at radius 3 is 2.71 bits per heavy atom. The van der Waals surface area contributed by atoms with E-state index in [2.05, 4.69) is 9.62 Å². The number of aromatic amines is 1. The first kappa shape index (κ1) is 6.23. The Kier molecular flexibility index (Phi) is 2.15. The van der Waals surface area contributed by atoms with E-state index >= 15 is 0 Å². The lowest BCUT2D eigenvalue weighted by atomic mass is 11.0. The molecule has 0 aliphatic heterocycles. The fourth-order valence-electron chi connectivity index (χ4n) is 0.177. The Morgan fingerprint density at radius 2 is 2.57 bits per heavy atom. The first-order chi connectivity index (χ1) is 2.89. The van der Waals surface area contributed by atoms with Crippen LogP contribution in [0.5, 0.6) is 0 Å². The Morgan fingerprint density at radius 1 is 1.86 bits per heavy atom. The third-order valence-corrected chi connectivity index (χ3v) is 0.369. The van der Waals surface area contributed by atoms with Crippen LogP contribution >= 0.6 is 12.4 Å². The summed E-state index contributed by atoms with van der Waals surface area (Å²) in [7, 11) is 0. The molecule has 1 rings (SSSR count). The average Bonchev–Trinajstić information content (AvgIpc) is 1.86. The van der Waals surface area contributed by atoms with Crippen molar-refractivity contribution in [1.82, 2.24) is 10.4 Å². The zero-order chi connectivity index (χ0) is 4.41. The third-order valence-electron chi connectivity index (χ3n) is 0.369. The van der Waals surface area contributed by atoms with Gasteiger partial charge in [0.15, 0.2) is 0 Å². The van der Waals surface area contributed by atoms with Crippen LogP contribution < -0.4 is 5.63 Å². The third kappa shape index (κ3) is 1.41. The van der Waals surface area contributed by atoms with Crippen molar-refractivity contribution in [2.75, 3.05) is 0 Å². The van der Waals surface area contributed by atoms with Gasteiger partial charge in [-0.15, -0.1) is 22.8 Å². The molecule has 0 amide bonds. The van der Waals surface area contributed by atoms with Crippen molar-refractivity contribution in [3.05, 3.63) is 16.6 Å². The Bertz CT molecular complexity index is 151. The number of hydrogen-bond donors (Lipinski definition) is 1. The maximum absolute atomic E-state index is 9.81. The maximum atomic E-state index is 9.81. The van der Waals surface area contributed by atoms with Crippen LogP contribution in [0.4, 0.5) is 0 Å². The molecule has 0 saturated carbocycles.